The van der Waals surface area contributed by atoms with E-state index in [1.165, 1.54) is 0 Å². The molecule has 0 aliphatic carbocycles. The molecule has 2 N–H and O–H groups in total. The van der Waals surface area contributed by atoms with Crippen molar-refractivity contribution in [2.45, 2.75) is 39.4 Å². The Morgan fingerprint density at radius 2 is 1.33 bits per heavy atom. The lowest BCUT2D eigenvalue weighted by molar-refractivity contribution is 0.650. The fraction of sp³-hybridized carbons (Fsp3) is 1.00. The first-order valence-electron chi connectivity index (χ1n) is 3.11. The van der Waals surface area contributed by atoms with Crippen LogP contribution in [0.1, 0.15) is 34.6 Å². The number of rotatable bonds is 0. The standard InChI is InChI=1S/C4H11NOS.C2H6/c1-4(2,3)7(5)6;1-2/h5H2,1-3H3;1-2H3. The highest BCUT2D eigenvalue weighted by Gasteiger charge is 2.14. The van der Waals surface area contributed by atoms with E-state index in [9.17, 15) is 4.21 Å². The van der Waals surface area contributed by atoms with Gasteiger partial charge in [0.2, 0.25) is 0 Å². The number of hydrogen-bond acceptors (Lipinski definition) is 1. The van der Waals surface area contributed by atoms with Gasteiger partial charge in [-0.3, -0.25) is 5.14 Å². The van der Waals surface area contributed by atoms with E-state index in [1.54, 1.807) is 0 Å². The Morgan fingerprint density at radius 3 is 1.33 bits per heavy atom. The van der Waals surface area contributed by atoms with Crippen molar-refractivity contribution < 1.29 is 4.21 Å². The van der Waals surface area contributed by atoms with Crippen LogP contribution in [0.5, 0.6) is 0 Å². The summed E-state index contributed by atoms with van der Waals surface area (Å²) in [7, 11) is -1.18. The van der Waals surface area contributed by atoms with Gasteiger partial charge in [0.25, 0.3) is 0 Å². The first-order chi connectivity index (χ1) is 3.94. The van der Waals surface area contributed by atoms with Crippen molar-refractivity contribution in [1.82, 2.24) is 0 Å². The second-order valence-corrected chi connectivity index (χ2v) is 4.23. The van der Waals surface area contributed by atoms with Gasteiger partial charge in [0.15, 0.2) is 0 Å². The molecule has 0 amide bonds. The molecule has 0 aromatic heterocycles. The van der Waals surface area contributed by atoms with E-state index in [0.29, 0.717) is 0 Å². The molecule has 0 aromatic carbocycles. The van der Waals surface area contributed by atoms with Crippen LogP contribution in [0.3, 0.4) is 0 Å². The molecule has 3 heteroatoms. The zero-order valence-electron chi connectivity index (χ0n) is 6.89. The van der Waals surface area contributed by atoms with Crippen LogP contribution in [-0.2, 0) is 11.0 Å². The Balaban J connectivity index is 0. The van der Waals surface area contributed by atoms with E-state index >= 15 is 0 Å². The van der Waals surface area contributed by atoms with Gasteiger partial charge in [0.05, 0.1) is 15.7 Å². The van der Waals surface area contributed by atoms with Crippen LogP contribution in [0.25, 0.3) is 0 Å². The van der Waals surface area contributed by atoms with Gasteiger partial charge in [-0.05, 0) is 20.8 Å². The van der Waals surface area contributed by atoms with Crippen molar-refractivity contribution in [1.29, 1.82) is 0 Å². The van der Waals surface area contributed by atoms with Crippen LogP contribution in [0.15, 0.2) is 0 Å². The summed E-state index contributed by atoms with van der Waals surface area (Å²) in [4.78, 5) is 0. The molecule has 58 valence electrons. The average Bonchev–Trinajstić information content (AvgIpc) is 1.69. The SMILES string of the molecule is CC.CC(C)(C)S(N)=O. The Labute approximate surface area is 60.4 Å². The highest BCUT2D eigenvalue weighted by Crippen LogP contribution is 2.04. The second kappa shape index (κ2) is 4.94. The topological polar surface area (TPSA) is 43.1 Å². The summed E-state index contributed by atoms with van der Waals surface area (Å²) in [5, 5.41) is 5.04. The molecule has 0 aliphatic heterocycles. The molecule has 0 saturated carbocycles. The third-order valence-corrected chi connectivity index (χ3v) is 1.81. The van der Waals surface area contributed by atoms with Crippen molar-refractivity contribution in [2.24, 2.45) is 5.14 Å². The maximum absolute atomic E-state index is 10.4. The van der Waals surface area contributed by atoms with Crippen LogP contribution in [0.4, 0.5) is 0 Å². The Hall–Kier alpha value is 0.110. The Kier molecular flexibility index (Phi) is 6.51. The zero-order chi connectivity index (χ0) is 8.08. The molecule has 1 atom stereocenters. The smallest absolute Gasteiger partial charge is 0.0942 e. The molecule has 1 unspecified atom stereocenters. The van der Waals surface area contributed by atoms with Crippen LogP contribution in [-0.4, -0.2) is 8.96 Å². The van der Waals surface area contributed by atoms with Crippen LogP contribution in [0, 0.1) is 0 Å². The highest BCUT2D eigenvalue weighted by molar-refractivity contribution is 7.84. The van der Waals surface area contributed by atoms with Gasteiger partial charge < -0.3 is 0 Å². The van der Waals surface area contributed by atoms with Crippen LogP contribution >= 0.6 is 0 Å². The van der Waals surface area contributed by atoms with Crippen molar-refractivity contribution in [3.63, 3.8) is 0 Å². The van der Waals surface area contributed by atoms with E-state index < -0.39 is 11.0 Å². The van der Waals surface area contributed by atoms with E-state index in [0.717, 1.165) is 0 Å². The summed E-state index contributed by atoms with van der Waals surface area (Å²) >= 11 is 0. The van der Waals surface area contributed by atoms with E-state index in [-0.39, 0.29) is 4.75 Å². The van der Waals surface area contributed by atoms with Crippen LogP contribution in [0.2, 0.25) is 0 Å². The molecular weight excluding hydrogens is 134 g/mol. The lowest BCUT2D eigenvalue weighted by atomic mass is 10.3. The molecule has 0 bridgehead atoms. The summed E-state index contributed by atoms with van der Waals surface area (Å²) in [6.07, 6.45) is 0. The molecule has 0 spiro atoms. The molecular formula is C6H17NOS. The lowest BCUT2D eigenvalue weighted by Crippen LogP contribution is -2.27. The van der Waals surface area contributed by atoms with Gasteiger partial charge in [0, 0.05) is 0 Å². The third kappa shape index (κ3) is 8.11. The maximum Gasteiger partial charge on any atom is 0.0942 e. The zero-order valence-corrected chi connectivity index (χ0v) is 7.71. The molecule has 0 aromatic rings. The van der Waals surface area contributed by atoms with Gasteiger partial charge in [-0.2, -0.15) is 0 Å². The molecule has 0 rings (SSSR count). The van der Waals surface area contributed by atoms with E-state index in [1.807, 2.05) is 34.6 Å². The van der Waals surface area contributed by atoms with Gasteiger partial charge in [-0.1, -0.05) is 13.8 Å². The molecule has 9 heavy (non-hydrogen) atoms. The second-order valence-electron chi connectivity index (χ2n) is 2.41. The third-order valence-electron chi connectivity index (χ3n) is 0.604. The van der Waals surface area contributed by atoms with Gasteiger partial charge in [-0.15, -0.1) is 0 Å². The molecule has 0 aliphatic rings. The van der Waals surface area contributed by atoms with Crippen LogP contribution < -0.4 is 5.14 Å². The summed E-state index contributed by atoms with van der Waals surface area (Å²) in [6, 6.07) is 0. The summed E-state index contributed by atoms with van der Waals surface area (Å²) < 4.78 is 10.1. The largest absolute Gasteiger partial charge is 0.251 e. The highest BCUT2D eigenvalue weighted by atomic mass is 32.2. The average molecular weight is 151 g/mol. The molecule has 0 radical (unpaired) electrons. The van der Waals surface area contributed by atoms with Crippen molar-refractivity contribution in [2.75, 3.05) is 0 Å². The maximum atomic E-state index is 10.4. The minimum Gasteiger partial charge on any atom is -0.251 e. The Bertz CT molecular complexity index is 85.5. The minimum absolute atomic E-state index is 0.250. The van der Waals surface area contributed by atoms with Crippen molar-refractivity contribution in [3.8, 4) is 0 Å². The minimum atomic E-state index is -1.18. The number of hydrogen-bond donors (Lipinski definition) is 1. The predicted molar refractivity (Wildman–Crippen MR) is 43.4 cm³/mol. The van der Waals surface area contributed by atoms with Crippen molar-refractivity contribution in [3.05, 3.63) is 0 Å². The first-order valence-corrected chi connectivity index (χ1v) is 4.32. The first kappa shape index (κ1) is 11.9. The van der Waals surface area contributed by atoms with Gasteiger partial charge >= 0.3 is 0 Å². The van der Waals surface area contributed by atoms with E-state index in [2.05, 4.69) is 0 Å². The lowest BCUT2D eigenvalue weighted by Gasteiger charge is -2.11. The quantitative estimate of drug-likeness (QED) is 0.559. The molecule has 0 heterocycles. The molecule has 0 fully saturated rings. The summed E-state index contributed by atoms with van der Waals surface area (Å²) in [5.74, 6) is 0. The monoisotopic (exact) mass is 151 g/mol. The molecule has 0 saturated heterocycles. The fourth-order valence-electron chi connectivity index (χ4n) is 0. The molecule has 2 nitrogen and oxygen atoms in total. The fourth-order valence-corrected chi connectivity index (χ4v) is 0. The van der Waals surface area contributed by atoms with Gasteiger partial charge in [-0.25, -0.2) is 4.21 Å². The Morgan fingerprint density at radius 1 is 1.22 bits per heavy atom. The van der Waals surface area contributed by atoms with Gasteiger partial charge in [0.1, 0.15) is 0 Å². The predicted octanol–water partition coefficient (Wildman–Crippen LogP) is 1.43. The van der Waals surface area contributed by atoms with E-state index in [4.69, 9.17) is 5.14 Å². The van der Waals surface area contributed by atoms with Crippen molar-refractivity contribution >= 4 is 11.0 Å². The normalized spacial score (nSPS) is 13.6. The summed E-state index contributed by atoms with van der Waals surface area (Å²) in [6.45, 7) is 9.51. The number of nitrogens with two attached hydrogens (primary N) is 1. The summed E-state index contributed by atoms with van der Waals surface area (Å²) in [5.41, 5.74) is 0.